The number of carbonyl (C=O) groups is 1. The number of rotatable bonds is 10. The lowest BCUT2D eigenvalue weighted by molar-refractivity contribution is -0.120. The number of aryl methyl sites for hydroxylation is 3. The van der Waals surface area contributed by atoms with E-state index in [9.17, 15) is 18.8 Å². The van der Waals surface area contributed by atoms with Gasteiger partial charge in [0.15, 0.2) is 11.6 Å². The fourth-order valence-electron chi connectivity index (χ4n) is 10.4. The van der Waals surface area contributed by atoms with Crippen molar-refractivity contribution in [3.8, 4) is 17.2 Å². The van der Waals surface area contributed by atoms with Crippen LogP contribution < -0.4 is 16.8 Å². The Balaban J connectivity index is 0.000000169. The number of fused-ring (bicyclic) bond motifs is 2. The molecule has 3 atom stereocenters. The average molecular weight is 898 g/mol. The predicted octanol–water partition coefficient (Wildman–Crippen LogP) is 8.26. The Morgan fingerprint density at radius 3 is 2.30 bits per heavy atom. The zero-order chi connectivity index (χ0) is 46.2. The van der Waals surface area contributed by atoms with Crippen LogP contribution in [-0.2, 0) is 21.5 Å². The normalized spacial score (nSPS) is 20.5. The molecule has 66 heavy (non-hydrogen) atoms. The third kappa shape index (κ3) is 7.22. The van der Waals surface area contributed by atoms with Crippen LogP contribution in [0.3, 0.4) is 0 Å². The zero-order valence-corrected chi connectivity index (χ0v) is 37.7. The molecule has 4 aliphatic rings. The first-order valence-corrected chi connectivity index (χ1v) is 22.7. The van der Waals surface area contributed by atoms with E-state index in [4.69, 9.17) is 14.7 Å². The molecule has 2 aliphatic heterocycles. The number of aromatic nitrogens is 6. The van der Waals surface area contributed by atoms with E-state index in [1.807, 2.05) is 17.7 Å². The molecule has 1 saturated heterocycles. The molecule has 3 fully saturated rings. The van der Waals surface area contributed by atoms with Gasteiger partial charge in [-0.3, -0.25) is 23.4 Å². The van der Waals surface area contributed by atoms with Gasteiger partial charge >= 0.3 is 11.4 Å². The lowest BCUT2D eigenvalue weighted by Crippen LogP contribution is -2.33. The van der Waals surface area contributed by atoms with Gasteiger partial charge in [-0.15, -0.1) is 0 Å². The molecule has 2 saturated carbocycles. The largest absolute Gasteiger partial charge is 0.438 e. The van der Waals surface area contributed by atoms with Crippen molar-refractivity contribution >= 4 is 29.2 Å². The minimum atomic E-state index is -0.664. The van der Waals surface area contributed by atoms with Crippen LogP contribution in [-0.4, -0.2) is 71.7 Å². The minimum Gasteiger partial charge on any atom is -0.382 e. The van der Waals surface area contributed by atoms with E-state index in [1.54, 1.807) is 43.1 Å². The maximum atomic E-state index is 15.7. The maximum Gasteiger partial charge on any atom is 0.438 e. The summed E-state index contributed by atoms with van der Waals surface area (Å²) in [5, 5.41) is 16.3. The molecule has 14 nitrogen and oxygen atoms in total. The van der Waals surface area contributed by atoms with Crippen LogP contribution in [0.15, 0.2) is 81.2 Å². The molecule has 2 aliphatic carbocycles. The summed E-state index contributed by atoms with van der Waals surface area (Å²) in [6, 6.07) is 15.7. The van der Waals surface area contributed by atoms with E-state index >= 15 is 4.39 Å². The van der Waals surface area contributed by atoms with Crippen molar-refractivity contribution in [3.05, 3.63) is 145 Å². The predicted molar refractivity (Wildman–Crippen MR) is 247 cm³/mol. The lowest BCUT2D eigenvalue weighted by Gasteiger charge is -2.31. The van der Waals surface area contributed by atoms with Gasteiger partial charge in [-0.2, -0.15) is 0 Å². The molecular formula is C50H53F2N9O5. The number of hydrogen-bond acceptors (Lipinski definition) is 8. The van der Waals surface area contributed by atoms with Crippen LogP contribution >= 0.6 is 0 Å². The van der Waals surface area contributed by atoms with E-state index in [2.05, 4.69) is 58.1 Å². The Morgan fingerprint density at radius 2 is 1.65 bits per heavy atom. The van der Waals surface area contributed by atoms with Crippen molar-refractivity contribution in [2.75, 3.05) is 25.1 Å². The van der Waals surface area contributed by atoms with Crippen molar-refractivity contribution < 1.29 is 22.8 Å². The van der Waals surface area contributed by atoms with Gasteiger partial charge in [-0.1, -0.05) is 18.1 Å². The second-order valence-electron chi connectivity index (χ2n) is 18.5. The Kier molecular flexibility index (Phi) is 10.8. The molecule has 342 valence electrons. The second-order valence-corrected chi connectivity index (χ2v) is 18.5. The first kappa shape index (κ1) is 43.1. The van der Waals surface area contributed by atoms with Crippen molar-refractivity contribution in [2.24, 2.45) is 5.92 Å². The third-order valence-corrected chi connectivity index (χ3v) is 14.2. The Labute approximate surface area is 379 Å². The third-order valence-electron chi connectivity index (χ3n) is 14.2. The summed E-state index contributed by atoms with van der Waals surface area (Å²) in [6.07, 6.45) is 12.5. The number of H-pyrrole nitrogens is 1. The van der Waals surface area contributed by atoms with Gasteiger partial charge in [0.2, 0.25) is 6.41 Å². The summed E-state index contributed by atoms with van der Waals surface area (Å²) in [5.41, 5.74) is 7.01. The number of amides is 1. The molecule has 16 heteroatoms. The number of aromatic amines is 1. The summed E-state index contributed by atoms with van der Waals surface area (Å²) < 4.78 is 47.3. The van der Waals surface area contributed by atoms with E-state index in [0.717, 1.165) is 69.1 Å². The van der Waals surface area contributed by atoms with Crippen molar-refractivity contribution in [3.63, 3.8) is 0 Å². The van der Waals surface area contributed by atoms with E-state index < -0.39 is 17.3 Å². The van der Waals surface area contributed by atoms with Gasteiger partial charge in [0.05, 0.1) is 17.3 Å². The topological polar surface area (TPSA) is 161 Å². The quantitative estimate of drug-likeness (QED) is 0.0920. The number of benzene rings is 3. The SMILES string of the molecule is Cc1cc(-n2cc3c(c2-n2ccn(-c4ccc(NC5CC5)c(C=N)c4F)c2=O)C(C)N(C=O)CC3)cc(C)c1F.Cc1cc2cc(C3CCOCC3)ccc2n1C1(c2noc(=O)[nH]2)CC1C. The first-order chi connectivity index (χ1) is 31.8. The fraction of sp³-hybridized carbons (Fsp3) is 0.380. The highest BCUT2D eigenvalue weighted by Crippen LogP contribution is 2.55. The van der Waals surface area contributed by atoms with Gasteiger partial charge in [0.1, 0.15) is 17.2 Å². The molecule has 4 aromatic heterocycles. The number of imidazole rings is 1. The standard InChI is InChI=1S/C30H30F2N6O2.C20H23N3O3/c1-17-12-22(13-18(2)27(17)31)38-15-20-8-9-35(16-39)19(3)26(20)29(38)37-11-10-36(30(37)40)25-7-6-24(34-21-4-5-21)23(14-33)28(25)32;1-12-11-20(12,18-21-19(24)26-22-18)23-13(2)9-16-10-15(3-4-17(16)23)14-5-7-25-8-6-14/h6-7,10-16,19,21,33-34H,4-5,8-9H2,1-3H3;3-4,9-10,12,14H,5-8,11H2,1-2H3,(H,21,22,24). The molecule has 3 N–H and O–H groups in total. The Morgan fingerprint density at radius 1 is 0.924 bits per heavy atom. The van der Waals surface area contributed by atoms with Crippen molar-refractivity contribution in [1.82, 2.24) is 33.3 Å². The number of anilines is 1. The number of nitrogens with one attached hydrogen (secondary N) is 3. The zero-order valence-electron chi connectivity index (χ0n) is 37.7. The molecule has 11 rings (SSSR count). The highest BCUT2D eigenvalue weighted by molar-refractivity contribution is 5.87. The number of nitrogens with zero attached hydrogens (tertiary/aromatic N) is 6. The van der Waals surface area contributed by atoms with Gasteiger partial charge < -0.3 is 29.5 Å². The molecule has 0 bridgehead atoms. The van der Waals surface area contributed by atoms with Crippen LogP contribution in [0.25, 0.3) is 28.1 Å². The number of halogens is 2. The summed E-state index contributed by atoms with van der Waals surface area (Å²) in [4.78, 5) is 41.7. The van der Waals surface area contributed by atoms with Crippen LogP contribution in [0.2, 0.25) is 0 Å². The number of hydrogen-bond donors (Lipinski definition) is 3. The van der Waals surface area contributed by atoms with Gasteiger partial charge in [0, 0.05) is 84.1 Å². The molecular weight excluding hydrogens is 845 g/mol. The number of ether oxygens (including phenoxy) is 1. The average Bonchev–Trinajstić information content (AvgIpc) is 3.99. The van der Waals surface area contributed by atoms with Crippen molar-refractivity contribution in [2.45, 2.75) is 96.7 Å². The van der Waals surface area contributed by atoms with Crippen molar-refractivity contribution in [1.29, 1.82) is 5.41 Å². The highest BCUT2D eigenvalue weighted by atomic mass is 19.1. The maximum absolute atomic E-state index is 15.7. The smallest absolute Gasteiger partial charge is 0.382 e. The second kappa shape index (κ2) is 16.6. The Hall–Kier alpha value is -6.81. The first-order valence-electron chi connectivity index (χ1n) is 22.7. The van der Waals surface area contributed by atoms with Crippen LogP contribution in [0.5, 0.6) is 0 Å². The minimum absolute atomic E-state index is 0.0339. The highest BCUT2D eigenvalue weighted by Gasteiger charge is 2.58. The number of carbonyl (C=O) groups excluding carboxylic acids is 1. The summed E-state index contributed by atoms with van der Waals surface area (Å²) in [6.45, 7) is 11.8. The molecule has 0 spiro atoms. The van der Waals surface area contributed by atoms with Gasteiger partial charge in [0.25, 0.3) is 0 Å². The monoisotopic (exact) mass is 897 g/mol. The van der Waals surface area contributed by atoms with Gasteiger partial charge in [-0.25, -0.2) is 18.4 Å². The lowest BCUT2D eigenvalue weighted by atomic mass is 9.91. The van der Waals surface area contributed by atoms with E-state index in [0.29, 0.717) is 58.9 Å². The summed E-state index contributed by atoms with van der Waals surface area (Å²) >= 11 is 0. The molecule has 7 aromatic rings. The fourth-order valence-corrected chi connectivity index (χ4v) is 10.4. The van der Waals surface area contributed by atoms with E-state index in [-0.39, 0.29) is 34.7 Å². The van der Waals surface area contributed by atoms with Crippen LogP contribution in [0, 0.1) is 43.7 Å². The molecule has 3 aromatic carbocycles. The van der Waals surface area contributed by atoms with E-state index in [1.165, 1.54) is 43.6 Å². The molecule has 1 amide bonds. The van der Waals surface area contributed by atoms with Crippen LogP contribution in [0.4, 0.5) is 14.5 Å². The summed E-state index contributed by atoms with van der Waals surface area (Å²) in [5.74, 6) is 0.679. The van der Waals surface area contributed by atoms with Crippen LogP contribution in [0.1, 0.15) is 103 Å². The summed E-state index contributed by atoms with van der Waals surface area (Å²) in [7, 11) is 0. The molecule has 3 unspecified atom stereocenters. The molecule has 6 heterocycles. The Bertz CT molecular complexity index is 3140. The molecule has 0 radical (unpaired) electrons. The van der Waals surface area contributed by atoms with Gasteiger partial charge in [-0.05, 0) is 143 Å².